The lowest BCUT2D eigenvalue weighted by Gasteiger charge is -2.07. The third-order valence-electron chi connectivity index (χ3n) is 1.75. The van der Waals surface area contributed by atoms with Gasteiger partial charge in [0, 0.05) is 13.0 Å². The minimum atomic E-state index is -4.36. The molecule has 0 rings (SSSR count). The summed E-state index contributed by atoms with van der Waals surface area (Å²) >= 11 is 0. The maximum Gasteiger partial charge on any atom is 0.389 e. The molecule has 0 radical (unpaired) electrons. The van der Waals surface area contributed by atoms with Crippen LogP contribution in [0.5, 0.6) is 0 Å². The molecular weight excluding hydrogens is 263 g/mol. The molecule has 9 heteroatoms. The van der Waals surface area contributed by atoms with Crippen molar-refractivity contribution in [1.82, 2.24) is 4.72 Å². The number of ether oxygens (including phenoxy) is 1. The number of methoxy groups -OCH3 is 1. The third-order valence-corrected chi connectivity index (χ3v) is 3.22. The van der Waals surface area contributed by atoms with Crippen LogP contribution in [0.3, 0.4) is 0 Å². The zero-order valence-corrected chi connectivity index (χ0v) is 10.0. The first-order chi connectivity index (χ1) is 7.66. The van der Waals surface area contributed by atoms with Gasteiger partial charge in [0.1, 0.15) is 0 Å². The van der Waals surface area contributed by atoms with Crippen LogP contribution in [-0.4, -0.2) is 40.0 Å². The molecule has 0 aromatic rings. The van der Waals surface area contributed by atoms with Crippen LogP contribution in [0.25, 0.3) is 0 Å². The number of nitrogens with one attached hydrogen (secondary N) is 1. The number of alkyl halides is 3. The number of halogens is 3. The molecule has 0 aromatic heterocycles. The predicted molar refractivity (Wildman–Crippen MR) is 53.7 cm³/mol. The number of rotatable bonds is 7. The van der Waals surface area contributed by atoms with Gasteiger partial charge < -0.3 is 4.74 Å². The number of hydrogen-bond acceptors (Lipinski definition) is 4. The van der Waals surface area contributed by atoms with Crippen molar-refractivity contribution in [2.45, 2.75) is 25.4 Å². The fraction of sp³-hybridized carbons (Fsp3) is 0.875. The molecule has 0 heterocycles. The zero-order valence-electron chi connectivity index (χ0n) is 9.21. The summed E-state index contributed by atoms with van der Waals surface area (Å²) in [6, 6.07) is 0. The molecule has 0 bridgehead atoms. The van der Waals surface area contributed by atoms with E-state index in [0.29, 0.717) is 0 Å². The summed E-state index contributed by atoms with van der Waals surface area (Å²) in [5, 5.41) is 0. The Hall–Kier alpha value is -0.830. The van der Waals surface area contributed by atoms with E-state index in [1.807, 2.05) is 4.72 Å². The maximum atomic E-state index is 11.8. The lowest BCUT2D eigenvalue weighted by molar-refractivity contribution is -0.140. The molecule has 0 fully saturated rings. The summed E-state index contributed by atoms with van der Waals surface area (Å²) in [6.07, 6.45) is -6.17. The van der Waals surface area contributed by atoms with Crippen LogP contribution < -0.4 is 4.72 Å². The molecule has 0 aliphatic carbocycles. The summed E-state index contributed by atoms with van der Waals surface area (Å²) < 4.78 is 63.9. The van der Waals surface area contributed by atoms with Crippen LogP contribution in [0.15, 0.2) is 0 Å². The summed E-state index contributed by atoms with van der Waals surface area (Å²) in [4.78, 5) is 10.6. The lowest BCUT2D eigenvalue weighted by atomic mass is 10.3. The molecule has 102 valence electrons. The van der Waals surface area contributed by atoms with Crippen LogP contribution in [0.4, 0.5) is 13.2 Å². The molecule has 0 saturated carbocycles. The van der Waals surface area contributed by atoms with Gasteiger partial charge in [0.15, 0.2) is 0 Å². The molecule has 0 spiro atoms. The van der Waals surface area contributed by atoms with Crippen molar-refractivity contribution >= 4 is 16.0 Å². The SMILES string of the molecule is COC(=O)CCNS(=O)(=O)CCCC(F)(F)F. The Morgan fingerprint density at radius 1 is 1.35 bits per heavy atom. The Kier molecular flexibility index (Phi) is 6.46. The van der Waals surface area contributed by atoms with Crippen LogP contribution >= 0.6 is 0 Å². The molecular formula is C8H14F3NO4S. The van der Waals surface area contributed by atoms with Gasteiger partial charge >= 0.3 is 12.1 Å². The third kappa shape index (κ3) is 10.1. The van der Waals surface area contributed by atoms with E-state index in [0.717, 1.165) is 7.11 Å². The van der Waals surface area contributed by atoms with Crippen molar-refractivity contribution in [2.24, 2.45) is 0 Å². The molecule has 1 N–H and O–H groups in total. The van der Waals surface area contributed by atoms with E-state index in [2.05, 4.69) is 4.74 Å². The highest BCUT2D eigenvalue weighted by Gasteiger charge is 2.27. The Morgan fingerprint density at radius 3 is 2.41 bits per heavy atom. The smallest absolute Gasteiger partial charge is 0.389 e. The first-order valence-electron chi connectivity index (χ1n) is 4.77. The molecule has 17 heavy (non-hydrogen) atoms. The molecule has 0 saturated heterocycles. The van der Waals surface area contributed by atoms with Crippen molar-refractivity contribution in [3.8, 4) is 0 Å². The highest BCUT2D eigenvalue weighted by Crippen LogP contribution is 2.21. The van der Waals surface area contributed by atoms with Crippen molar-refractivity contribution in [3.05, 3.63) is 0 Å². The average molecular weight is 277 g/mol. The van der Waals surface area contributed by atoms with Crippen molar-refractivity contribution in [1.29, 1.82) is 0 Å². The minimum Gasteiger partial charge on any atom is -0.469 e. The van der Waals surface area contributed by atoms with Gasteiger partial charge in [-0.3, -0.25) is 4.79 Å². The number of carbonyl (C=O) groups is 1. The van der Waals surface area contributed by atoms with E-state index >= 15 is 0 Å². The van der Waals surface area contributed by atoms with Crippen LogP contribution in [0.2, 0.25) is 0 Å². The van der Waals surface area contributed by atoms with Crippen molar-refractivity contribution in [3.63, 3.8) is 0 Å². The second-order valence-electron chi connectivity index (χ2n) is 3.26. The van der Waals surface area contributed by atoms with Crippen LogP contribution in [0.1, 0.15) is 19.3 Å². The highest BCUT2D eigenvalue weighted by molar-refractivity contribution is 7.89. The zero-order chi connectivity index (χ0) is 13.5. The van der Waals surface area contributed by atoms with Crippen molar-refractivity contribution < 1.29 is 31.1 Å². The Labute approximate surface area is 97.4 Å². The molecule has 0 amide bonds. The second-order valence-corrected chi connectivity index (χ2v) is 5.18. The van der Waals surface area contributed by atoms with E-state index in [-0.39, 0.29) is 13.0 Å². The van der Waals surface area contributed by atoms with Gasteiger partial charge in [0.05, 0.1) is 19.3 Å². The first kappa shape index (κ1) is 16.2. The standard InChI is InChI=1S/C8H14F3NO4S/c1-16-7(13)3-5-12-17(14,15)6-2-4-8(9,10)11/h12H,2-6H2,1H3. The minimum absolute atomic E-state index is 0.158. The van der Waals surface area contributed by atoms with Gasteiger partial charge in [-0.2, -0.15) is 13.2 Å². The van der Waals surface area contributed by atoms with E-state index in [4.69, 9.17) is 0 Å². The number of esters is 1. The summed E-state index contributed by atoms with van der Waals surface area (Å²) in [5.74, 6) is -1.21. The lowest BCUT2D eigenvalue weighted by Crippen LogP contribution is -2.29. The molecule has 0 aliphatic heterocycles. The molecule has 0 unspecified atom stereocenters. The Bertz CT molecular complexity index is 339. The van der Waals surface area contributed by atoms with E-state index in [1.165, 1.54) is 0 Å². The normalized spacial score (nSPS) is 12.5. The topological polar surface area (TPSA) is 72.5 Å². The first-order valence-corrected chi connectivity index (χ1v) is 6.42. The maximum absolute atomic E-state index is 11.8. The van der Waals surface area contributed by atoms with Gasteiger partial charge in [0.2, 0.25) is 10.0 Å². The van der Waals surface area contributed by atoms with E-state index in [1.54, 1.807) is 0 Å². The second kappa shape index (κ2) is 6.80. The van der Waals surface area contributed by atoms with Crippen LogP contribution in [0, 0.1) is 0 Å². The molecule has 0 aromatic carbocycles. The fourth-order valence-corrected chi connectivity index (χ4v) is 2.03. The molecule has 0 atom stereocenters. The predicted octanol–water partition coefficient (Wildman–Crippen LogP) is 0.811. The van der Waals surface area contributed by atoms with Gasteiger partial charge in [-0.05, 0) is 6.42 Å². The van der Waals surface area contributed by atoms with Crippen molar-refractivity contribution in [2.75, 3.05) is 19.4 Å². The summed E-state index contributed by atoms with van der Waals surface area (Å²) in [7, 11) is -2.61. The number of carbonyl (C=O) groups excluding carboxylic acids is 1. The Morgan fingerprint density at radius 2 is 1.94 bits per heavy atom. The highest BCUT2D eigenvalue weighted by atomic mass is 32.2. The van der Waals surface area contributed by atoms with E-state index < -0.39 is 40.8 Å². The largest absolute Gasteiger partial charge is 0.469 e. The van der Waals surface area contributed by atoms with Gasteiger partial charge in [-0.15, -0.1) is 0 Å². The number of sulfonamides is 1. The van der Waals surface area contributed by atoms with Gasteiger partial charge in [-0.1, -0.05) is 0 Å². The monoisotopic (exact) mass is 277 g/mol. The molecule has 0 aliphatic rings. The summed E-state index contributed by atoms with van der Waals surface area (Å²) in [6.45, 7) is -0.180. The van der Waals surface area contributed by atoms with Gasteiger partial charge in [0.25, 0.3) is 0 Å². The molecule has 5 nitrogen and oxygen atoms in total. The quantitative estimate of drug-likeness (QED) is 0.699. The fourth-order valence-electron chi connectivity index (χ4n) is 0.945. The number of hydrogen-bond donors (Lipinski definition) is 1. The average Bonchev–Trinajstić information content (AvgIpc) is 2.14. The Balaban J connectivity index is 3.85. The van der Waals surface area contributed by atoms with E-state index in [9.17, 15) is 26.4 Å². The van der Waals surface area contributed by atoms with Crippen LogP contribution in [-0.2, 0) is 19.6 Å². The summed E-state index contributed by atoms with van der Waals surface area (Å²) in [5.41, 5.74) is 0. The van der Waals surface area contributed by atoms with Gasteiger partial charge in [-0.25, -0.2) is 13.1 Å².